The van der Waals surface area contributed by atoms with Crippen molar-refractivity contribution in [1.29, 1.82) is 0 Å². The van der Waals surface area contributed by atoms with Gasteiger partial charge in [-0.05, 0) is 36.4 Å². The van der Waals surface area contributed by atoms with Gasteiger partial charge in [0, 0.05) is 24.5 Å². The highest BCUT2D eigenvalue weighted by Gasteiger charge is 2.04. The molecule has 20 heavy (non-hydrogen) atoms. The van der Waals surface area contributed by atoms with Crippen LogP contribution in [-0.4, -0.2) is 22.0 Å². The summed E-state index contributed by atoms with van der Waals surface area (Å²) in [6.45, 7) is 1.44. The van der Waals surface area contributed by atoms with E-state index in [1.165, 1.54) is 25.3 Å². The van der Waals surface area contributed by atoms with Gasteiger partial charge < -0.3 is 15.7 Å². The minimum absolute atomic E-state index is 0.137. The Balaban J connectivity index is 2.11. The van der Waals surface area contributed by atoms with Crippen molar-refractivity contribution in [2.45, 2.75) is 6.92 Å². The summed E-state index contributed by atoms with van der Waals surface area (Å²) >= 11 is 0. The molecule has 0 unspecified atom stereocenters. The molecule has 1 amide bonds. The Labute approximate surface area is 115 Å². The van der Waals surface area contributed by atoms with Gasteiger partial charge in [-0.1, -0.05) is 0 Å². The number of benzene rings is 1. The Morgan fingerprint density at radius 3 is 2.35 bits per heavy atom. The summed E-state index contributed by atoms with van der Waals surface area (Å²) in [5.74, 6) is -0.699. The fourth-order valence-corrected chi connectivity index (χ4v) is 1.62. The van der Waals surface area contributed by atoms with Crippen LogP contribution in [0.3, 0.4) is 0 Å². The normalized spacial score (nSPS) is 9.85. The smallest absolute Gasteiger partial charge is 0.335 e. The van der Waals surface area contributed by atoms with Crippen molar-refractivity contribution in [3.63, 3.8) is 0 Å². The highest BCUT2D eigenvalue weighted by atomic mass is 16.4. The maximum Gasteiger partial charge on any atom is 0.335 e. The Hall–Kier alpha value is -2.89. The minimum atomic E-state index is -1.00. The molecule has 102 valence electrons. The largest absolute Gasteiger partial charge is 0.478 e. The van der Waals surface area contributed by atoms with Crippen molar-refractivity contribution in [2.24, 2.45) is 0 Å². The molecule has 0 radical (unpaired) electrons. The van der Waals surface area contributed by atoms with E-state index in [1.807, 2.05) is 0 Å². The number of amides is 1. The van der Waals surface area contributed by atoms with Gasteiger partial charge >= 0.3 is 5.97 Å². The topological polar surface area (TPSA) is 91.3 Å². The van der Waals surface area contributed by atoms with Crippen molar-refractivity contribution in [1.82, 2.24) is 4.98 Å². The molecular formula is C14H13N3O3. The second-order valence-electron chi connectivity index (χ2n) is 4.12. The van der Waals surface area contributed by atoms with Crippen LogP contribution in [0.5, 0.6) is 0 Å². The summed E-state index contributed by atoms with van der Waals surface area (Å²) in [5, 5.41) is 14.6. The molecule has 6 nitrogen and oxygen atoms in total. The zero-order valence-electron chi connectivity index (χ0n) is 10.8. The number of hydrogen-bond acceptors (Lipinski definition) is 4. The molecule has 0 fully saturated rings. The Morgan fingerprint density at radius 2 is 1.75 bits per heavy atom. The molecule has 0 bridgehead atoms. The number of pyridine rings is 1. The number of rotatable bonds is 4. The van der Waals surface area contributed by atoms with Gasteiger partial charge in [-0.15, -0.1) is 0 Å². The molecule has 1 heterocycles. The molecule has 1 aromatic carbocycles. The molecule has 0 atom stereocenters. The molecule has 2 rings (SSSR count). The van der Waals surface area contributed by atoms with Crippen molar-refractivity contribution in [2.75, 3.05) is 10.6 Å². The number of carbonyl (C=O) groups excluding carboxylic acids is 1. The van der Waals surface area contributed by atoms with Crippen LogP contribution in [0.4, 0.5) is 17.2 Å². The van der Waals surface area contributed by atoms with Gasteiger partial charge in [-0.3, -0.25) is 4.79 Å². The number of aromatic nitrogens is 1. The Bertz CT molecular complexity index is 638. The lowest BCUT2D eigenvalue weighted by molar-refractivity contribution is -0.114. The average molecular weight is 271 g/mol. The van der Waals surface area contributed by atoms with Crippen LogP contribution in [-0.2, 0) is 4.79 Å². The van der Waals surface area contributed by atoms with E-state index in [0.717, 1.165) is 5.69 Å². The summed E-state index contributed by atoms with van der Waals surface area (Å²) in [5.41, 5.74) is 1.60. The SMILES string of the molecule is CC(=O)Nc1ccc(Nc2cc(C(=O)O)ccn2)cc1. The molecular weight excluding hydrogens is 258 g/mol. The molecule has 0 aliphatic heterocycles. The summed E-state index contributed by atoms with van der Waals surface area (Å²) in [4.78, 5) is 25.8. The fraction of sp³-hybridized carbons (Fsp3) is 0.0714. The second kappa shape index (κ2) is 5.83. The number of carboxylic acid groups (broad SMARTS) is 1. The van der Waals surface area contributed by atoms with Gasteiger partial charge in [0.1, 0.15) is 5.82 Å². The number of aromatic carboxylic acids is 1. The number of nitrogens with one attached hydrogen (secondary N) is 2. The van der Waals surface area contributed by atoms with Crippen LogP contribution in [0.2, 0.25) is 0 Å². The van der Waals surface area contributed by atoms with E-state index in [-0.39, 0.29) is 11.5 Å². The first-order valence-electron chi connectivity index (χ1n) is 5.88. The highest BCUT2D eigenvalue weighted by Crippen LogP contribution is 2.18. The molecule has 1 aromatic heterocycles. The van der Waals surface area contributed by atoms with Gasteiger partial charge in [0.15, 0.2) is 0 Å². The molecule has 2 aromatic rings. The number of carbonyl (C=O) groups is 2. The van der Waals surface area contributed by atoms with Crippen LogP contribution >= 0.6 is 0 Å². The van der Waals surface area contributed by atoms with E-state index in [9.17, 15) is 9.59 Å². The first-order chi connectivity index (χ1) is 9.54. The Kier molecular flexibility index (Phi) is 3.95. The summed E-state index contributed by atoms with van der Waals surface area (Å²) in [6, 6.07) is 9.88. The predicted molar refractivity (Wildman–Crippen MR) is 75.2 cm³/mol. The van der Waals surface area contributed by atoms with Crippen LogP contribution in [0.1, 0.15) is 17.3 Å². The number of hydrogen-bond donors (Lipinski definition) is 3. The lowest BCUT2D eigenvalue weighted by atomic mass is 10.2. The zero-order chi connectivity index (χ0) is 14.5. The summed E-state index contributed by atoms with van der Waals surface area (Å²) in [7, 11) is 0. The first kappa shape index (κ1) is 13.5. The zero-order valence-corrected chi connectivity index (χ0v) is 10.8. The van der Waals surface area contributed by atoms with Gasteiger partial charge in [-0.2, -0.15) is 0 Å². The first-order valence-corrected chi connectivity index (χ1v) is 5.88. The maximum atomic E-state index is 10.9. The van der Waals surface area contributed by atoms with Gasteiger partial charge in [0.25, 0.3) is 0 Å². The van der Waals surface area contributed by atoms with E-state index >= 15 is 0 Å². The van der Waals surface area contributed by atoms with Crippen molar-refractivity contribution < 1.29 is 14.7 Å². The van der Waals surface area contributed by atoms with Gasteiger partial charge in [0.2, 0.25) is 5.91 Å². The number of nitrogens with zero attached hydrogens (tertiary/aromatic N) is 1. The standard InChI is InChI=1S/C14H13N3O3/c1-9(18)16-11-2-4-12(5-3-11)17-13-8-10(14(19)20)6-7-15-13/h2-8H,1H3,(H,15,17)(H,16,18)(H,19,20). The lowest BCUT2D eigenvalue weighted by Gasteiger charge is -2.07. The highest BCUT2D eigenvalue weighted by molar-refractivity contribution is 5.89. The van der Waals surface area contributed by atoms with Crippen LogP contribution in [0.15, 0.2) is 42.6 Å². The molecule has 0 aliphatic carbocycles. The molecule has 6 heteroatoms. The van der Waals surface area contributed by atoms with E-state index < -0.39 is 5.97 Å². The third-order valence-corrected chi connectivity index (χ3v) is 2.48. The second-order valence-corrected chi connectivity index (χ2v) is 4.12. The van der Waals surface area contributed by atoms with Gasteiger partial charge in [0.05, 0.1) is 5.56 Å². The van der Waals surface area contributed by atoms with Crippen molar-refractivity contribution in [3.8, 4) is 0 Å². The summed E-state index contributed by atoms with van der Waals surface area (Å²) in [6.07, 6.45) is 1.43. The van der Waals surface area contributed by atoms with E-state index in [0.29, 0.717) is 11.5 Å². The average Bonchev–Trinajstić information content (AvgIpc) is 2.41. The molecule has 3 N–H and O–H groups in total. The fourth-order valence-electron chi connectivity index (χ4n) is 1.62. The van der Waals surface area contributed by atoms with Crippen LogP contribution in [0, 0.1) is 0 Å². The van der Waals surface area contributed by atoms with E-state index in [1.54, 1.807) is 24.3 Å². The lowest BCUT2D eigenvalue weighted by Crippen LogP contribution is -2.05. The summed E-state index contributed by atoms with van der Waals surface area (Å²) < 4.78 is 0. The van der Waals surface area contributed by atoms with E-state index in [2.05, 4.69) is 15.6 Å². The number of anilines is 3. The molecule has 0 aliphatic rings. The minimum Gasteiger partial charge on any atom is -0.478 e. The third-order valence-electron chi connectivity index (χ3n) is 2.48. The third kappa shape index (κ3) is 3.55. The monoisotopic (exact) mass is 271 g/mol. The quantitative estimate of drug-likeness (QED) is 0.794. The van der Waals surface area contributed by atoms with Crippen LogP contribution < -0.4 is 10.6 Å². The molecule has 0 saturated heterocycles. The van der Waals surface area contributed by atoms with Gasteiger partial charge in [-0.25, -0.2) is 9.78 Å². The molecule has 0 spiro atoms. The number of carboxylic acids is 1. The molecule has 0 saturated carbocycles. The van der Waals surface area contributed by atoms with Crippen LogP contribution in [0.25, 0.3) is 0 Å². The van der Waals surface area contributed by atoms with Crippen molar-refractivity contribution >= 4 is 29.1 Å². The maximum absolute atomic E-state index is 10.9. The predicted octanol–water partition coefficient (Wildman–Crippen LogP) is 2.48. The van der Waals surface area contributed by atoms with Crippen molar-refractivity contribution in [3.05, 3.63) is 48.2 Å². The Morgan fingerprint density at radius 1 is 1.10 bits per heavy atom. The van der Waals surface area contributed by atoms with E-state index in [4.69, 9.17) is 5.11 Å².